The average molecular weight is 359 g/mol. The number of carbonyl (C=O) groups is 1. The summed E-state index contributed by atoms with van der Waals surface area (Å²) in [5.41, 5.74) is 0. The van der Waals surface area contributed by atoms with E-state index in [4.69, 9.17) is 5.11 Å². The van der Waals surface area contributed by atoms with Gasteiger partial charge in [0.1, 0.15) is 0 Å². The van der Waals surface area contributed by atoms with Crippen LogP contribution < -0.4 is 0 Å². The van der Waals surface area contributed by atoms with E-state index in [1.165, 1.54) is 0 Å². The van der Waals surface area contributed by atoms with Crippen LogP contribution in [0, 0.1) is 5.92 Å². The van der Waals surface area contributed by atoms with E-state index in [-0.39, 0.29) is 5.92 Å². The molecule has 0 saturated heterocycles. The minimum atomic E-state index is -0.651. The summed E-state index contributed by atoms with van der Waals surface area (Å²) in [6, 6.07) is 0. The van der Waals surface area contributed by atoms with Crippen molar-refractivity contribution >= 4 is 5.97 Å². The zero-order valence-electron chi connectivity index (χ0n) is 16.8. The van der Waals surface area contributed by atoms with Gasteiger partial charge in [-0.2, -0.15) is 0 Å². The molecule has 0 aromatic carbocycles. The third-order valence-corrected chi connectivity index (χ3v) is 4.17. The third-order valence-electron chi connectivity index (χ3n) is 4.17. The van der Waals surface area contributed by atoms with Crippen molar-refractivity contribution in [2.45, 2.75) is 78.1 Å². The first-order chi connectivity index (χ1) is 12.7. The molecule has 0 aliphatic rings. The third kappa shape index (κ3) is 17.0. The second-order valence-corrected chi connectivity index (χ2v) is 6.44. The minimum Gasteiger partial charge on any atom is -0.481 e. The summed E-state index contributed by atoms with van der Waals surface area (Å²) in [4.78, 5) is 10.9. The number of hydrogen-bond donors (Lipinski definition) is 1. The highest BCUT2D eigenvalue weighted by atomic mass is 16.4. The maximum atomic E-state index is 10.9. The van der Waals surface area contributed by atoms with Crippen molar-refractivity contribution in [3.8, 4) is 0 Å². The molecule has 0 amide bonds. The highest BCUT2D eigenvalue weighted by Crippen LogP contribution is 2.13. The molecule has 0 heterocycles. The van der Waals surface area contributed by atoms with Crippen LogP contribution in [0.15, 0.2) is 60.8 Å². The molecular formula is C24H38O2. The zero-order valence-corrected chi connectivity index (χ0v) is 16.8. The molecule has 0 aliphatic carbocycles. The molecule has 1 atom stereocenters. The molecule has 26 heavy (non-hydrogen) atoms. The van der Waals surface area contributed by atoms with Crippen LogP contribution in [-0.4, -0.2) is 11.1 Å². The van der Waals surface area contributed by atoms with Crippen LogP contribution >= 0.6 is 0 Å². The van der Waals surface area contributed by atoms with E-state index in [1.54, 1.807) is 0 Å². The smallest absolute Gasteiger partial charge is 0.306 e. The molecule has 0 spiro atoms. The number of carboxylic acids is 1. The summed E-state index contributed by atoms with van der Waals surface area (Å²) in [6.45, 7) is 4.10. The van der Waals surface area contributed by atoms with Gasteiger partial charge in [0.25, 0.3) is 0 Å². The van der Waals surface area contributed by atoms with E-state index < -0.39 is 5.97 Å². The van der Waals surface area contributed by atoms with Gasteiger partial charge in [-0.05, 0) is 57.8 Å². The van der Waals surface area contributed by atoms with Gasteiger partial charge in [0, 0.05) is 0 Å². The molecule has 1 unspecified atom stereocenters. The van der Waals surface area contributed by atoms with E-state index in [9.17, 15) is 4.79 Å². The van der Waals surface area contributed by atoms with Gasteiger partial charge < -0.3 is 5.11 Å². The molecular weight excluding hydrogens is 320 g/mol. The van der Waals surface area contributed by atoms with Gasteiger partial charge in [0.05, 0.1) is 5.92 Å². The van der Waals surface area contributed by atoms with E-state index in [2.05, 4.69) is 67.7 Å². The summed E-state index contributed by atoms with van der Waals surface area (Å²) >= 11 is 0. The maximum Gasteiger partial charge on any atom is 0.306 e. The fraction of sp³-hybridized carbons (Fsp3) is 0.542. The van der Waals surface area contributed by atoms with Crippen molar-refractivity contribution in [2.24, 2.45) is 5.92 Å². The second kappa shape index (κ2) is 19.5. The maximum absolute atomic E-state index is 10.9. The second-order valence-electron chi connectivity index (χ2n) is 6.44. The van der Waals surface area contributed by atoms with E-state index in [0.29, 0.717) is 0 Å². The van der Waals surface area contributed by atoms with Crippen LogP contribution in [0.25, 0.3) is 0 Å². The summed E-state index contributed by atoms with van der Waals surface area (Å²) in [7, 11) is 0. The number of hydrogen-bond acceptors (Lipinski definition) is 1. The first-order valence-electron chi connectivity index (χ1n) is 10.2. The van der Waals surface area contributed by atoms with E-state index >= 15 is 0 Å². The largest absolute Gasteiger partial charge is 0.481 e. The van der Waals surface area contributed by atoms with Crippen molar-refractivity contribution < 1.29 is 9.90 Å². The van der Waals surface area contributed by atoms with Gasteiger partial charge in [-0.25, -0.2) is 0 Å². The lowest BCUT2D eigenvalue weighted by Gasteiger charge is -2.07. The first kappa shape index (κ1) is 24.2. The molecule has 0 rings (SSSR count). The lowest BCUT2D eigenvalue weighted by atomic mass is 9.99. The Labute approximate surface area is 161 Å². The standard InChI is InChI=1S/C24H38O2/c1-3-5-6-7-8-9-10-11-12-13-14-15-16-17-18-19-20-21-22-23(4-2)24(25)26/h5-6,8-9,11-12,14-15,17-18,23H,3-4,7,10,13,16,19-22H2,1-2H3,(H,25,26)/b6-5-,9-8-,12-11-,15-14-,18-17-. The monoisotopic (exact) mass is 358 g/mol. The Bertz CT molecular complexity index is 467. The lowest BCUT2D eigenvalue weighted by Crippen LogP contribution is -2.12. The number of rotatable bonds is 16. The Kier molecular flexibility index (Phi) is 18.1. The van der Waals surface area contributed by atoms with Crippen LogP contribution in [0.5, 0.6) is 0 Å². The van der Waals surface area contributed by atoms with Gasteiger partial charge in [0.2, 0.25) is 0 Å². The summed E-state index contributed by atoms with van der Waals surface area (Å²) in [5, 5.41) is 8.98. The highest BCUT2D eigenvalue weighted by Gasteiger charge is 2.13. The minimum absolute atomic E-state index is 0.164. The molecule has 0 fully saturated rings. The Morgan fingerprint density at radius 1 is 0.731 bits per heavy atom. The molecule has 0 saturated carbocycles. The van der Waals surface area contributed by atoms with Crippen molar-refractivity contribution in [3.63, 3.8) is 0 Å². The van der Waals surface area contributed by atoms with Gasteiger partial charge in [-0.1, -0.05) is 81.0 Å². The normalized spacial score (nSPS) is 13.9. The fourth-order valence-electron chi connectivity index (χ4n) is 2.52. The molecule has 0 aliphatic heterocycles. The topological polar surface area (TPSA) is 37.3 Å². The molecule has 146 valence electrons. The van der Waals surface area contributed by atoms with Crippen molar-refractivity contribution in [1.82, 2.24) is 0 Å². The Morgan fingerprint density at radius 3 is 1.62 bits per heavy atom. The van der Waals surface area contributed by atoms with Crippen LogP contribution in [0.4, 0.5) is 0 Å². The number of allylic oxidation sites excluding steroid dienone is 10. The van der Waals surface area contributed by atoms with Crippen LogP contribution in [0.2, 0.25) is 0 Å². The summed E-state index contributed by atoms with van der Waals surface area (Å²) < 4.78 is 0. The van der Waals surface area contributed by atoms with Crippen molar-refractivity contribution in [2.75, 3.05) is 0 Å². The first-order valence-corrected chi connectivity index (χ1v) is 10.2. The molecule has 1 N–H and O–H groups in total. The van der Waals surface area contributed by atoms with E-state index in [1.807, 2.05) is 6.92 Å². The summed E-state index contributed by atoms with van der Waals surface area (Å²) in [5.74, 6) is -0.814. The Balaban J connectivity index is 3.54. The molecule has 2 heteroatoms. The predicted octanol–water partition coefficient (Wildman–Crippen LogP) is 7.41. The fourth-order valence-corrected chi connectivity index (χ4v) is 2.52. The molecule has 0 bridgehead atoms. The molecule has 0 aromatic heterocycles. The number of unbranched alkanes of at least 4 members (excludes halogenated alkanes) is 2. The Morgan fingerprint density at radius 2 is 1.19 bits per heavy atom. The SMILES string of the molecule is CC/C=C\C/C=C\C/C=C\C/C=C\C/C=C\CCCCC(CC)C(=O)O. The zero-order chi connectivity index (χ0) is 19.3. The van der Waals surface area contributed by atoms with Gasteiger partial charge in [-0.15, -0.1) is 0 Å². The van der Waals surface area contributed by atoms with Crippen molar-refractivity contribution in [3.05, 3.63) is 60.8 Å². The van der Waals surface area contributed by atoms with Crippen LogP contribution in [0.1, 0.15) is 78.1 Å². The molecule has 0 aromatic rings. The van der Waals surface area contributed by atoms with Crippen LogP contribution in [-0.2, 0) is 4.79 Å². The van der Waals surface area contributed by atoms with Crippen molar-refractivity contribution in [1.29, 1.82) is 0 Å². The number of aliphatic carboxylic acids is 1. The van der Waals surface area contributed by atoms with Crippen LogP contribution in [0.3, 0.4) is 0 Å². The van der Waals surface area contributed by atoms with Gasteiger partial charge in [0.15, 0.2) is 0 Å². The van der Waals surface area contributed by atoms with Gasteiger partial charge in [-0.3, -0.25) is 4.79 Å². The molecule has 2 nitrogen and oxygen atoms in total. The van der Waals surface area contributed by atoms with Gasteiger partial charge >= 0.3 is 5.97 Å². The number of carboxylic acid groups (broad SMARTS) is 1. The predicted molar refractivity (Wildman–Crippen MR) is 114 cm³/mol. The highest BCUT2D eigenvalue weighted by molar-refractivity contribution is 5.69. The summed E-state index contributed by atoms with van der Waals surface area (Å²) in [6.07, 6.45) is 31.8. The molecule has 0 radical (unpaired) electrons. The quantitative estimate of drug-likeness (QED) is 0.230. The Hall–Kier alpha value is -1.83. The lowest BCUT2D eigenvalue weighted by molar-refractivity contribution is -0.142. The van der Waals surface area contributed by atoms with E-state index in [0.717, 1.165) is 64.2 Å². The average Bonchev–Trinajstić information content (AvgIpc) is 2.63.